The molecule has 2 fully saturated rings. The van der Waals surface area contributed by atoms with E-state index in [1.54, 1.807) is 16.2 Å². The highest BCUT2D eigenvalue weighted by Gasteiger charge is 2.44. The van der Waals surface area contributed by atoms with Crippen LogP contribution in [0.15, 0.2) is 12.1 Å². The Balaban J connectivity index is 1.56. The van der Waals surface area contributed by atoms with Gasteiger partial charge in [0.2, 0.25) is 17.7 Å². The van der Waals surface area contributed by atoms with Crippen molar-refractivity contribution in [2.75, 3.05) is 0 Å². The van der Waals surface area contributed by atoms with Crippen molar-refractivity contribution >= 4 is 29.1 Å². The van der Waals surface area contributed by atoms with Gasteiger partial charge in [0.15, 0.2) is 0 Å². The SMILES string of the molecule is Cc1ccc(CCCC(=O)N(C2CC2)C2CC(=O)NC2=O)s1. The summed E-state index contributed by atoms with van der Waals surface area (Å²) in [4.78, 5) is 39.9. The minimum Gasteiger partial charge on any atom is -0.327 e. The average Bonchev–Trinajstić information content (AvgIpc) is 3.11. The zero-order chi connectivity index (χ0) is 15.7. The van der Waals surface area contributed by atoms with Crippen LogP contribution in [-0.2, 0) is 20.8 Å². The molecule has 1 atom stereocenters. The Bertz CT molecular complexity index is 606. The lowest BCUT2D eigenvalue weighted by molar-refractivity contribution is -0.139. The summed E-state index contributed by atoms with van der Waals surface area (Å²) < 4.78 is 0. The van der Waals surface area contributed by atoms with Crippen molar-refractivity contribution in [3.8, 4) is 0 Å². The predicted octanol–water partition coefficient (Wildman–Crippen LogP) is 1.79. The Labute approximate surface area is 133 Å². The first kappa shape index (κ1) is 15.2. The van der Waals surface area contributed by atoms with Gasteiger partial charge in [-0.1, -0.05) is 0 Å². The van der Waals surface area contributed by atoms with Gasteiger partial charge in [-0.25, -0.2) is 0 Å². The van der Waals surface area contributed by atoms with Crippen LogP contribution in [0.4, 0.5) is 0 Å². The normalized spacial score (nSPS) is 21.0. The first-order valence-electron chi connectivity index (χ1n) is 7.75. The number of amides is 3. The van der Waals surface area contributed by atoms with E-state index in [-0.39, 0.29) is 30.2 Å². The molecule has 1 saturated heterocycles. The van der Waals surface area contributed by atoms with Crippen molar-refractivity contribution in [3.63, 3.8) is 0 Å². The Morgan fingerprint density at radius 2 is 2.14 bits per heavy atom. The largest absolute Gasteiger partial charge is 0.327 e. The van der Waals surface area contributed by atoms with Gasteiger partial charge < -0.3 is 4.90 Å². The fourth-order valence-electron chi connectivity index (χ4n) is 2.91. The van der Waals surface area contributed by atoms with Crippen molar-refractivity contribution in [2.45, 2.75) is 57.5 Å². The third-order valence-corrected chi connectivity index (χ3v) is 5.18. The van der Waals surface area contributed by atoms with Gasteiger partial charge >= 0.3 is 0 Å². The maximum atomic E-state index is 12.5. The second-order valence-electron chi connectivity index (χ2n) is 6.03. The standard InChI is InChI=1S/C16H20N2O3S/c1-10-5-8-12(22-10)3-2-4-15(20)18(11-6-7-11)13-9-14(19)17-16(13)21/h5,8,11,13H,2-4,6-7,9H2,1H3,(H,17,19,21). The van der Waals surface area contributed by atoms with Crippen LogP contribution < -0.4 is 5.32 Å². The molecule has 1 saturated carbocycles. The molecular weight excluding hydrogens is 300 g/mol. The minimum absolute atomic E-state index is 0.00521. The lowest BCUT2D eigenvalue weighted by Gasteiger charge is -2.26. The van der Waals surface area contributed by atoms with Crippen LogP contribution in [0.3, 0.4) is 0 Å². The van der Waals surface area contributed by atoms with Crippen molar-refractivity contribution in [2.24, 2.45) is 0 Å². The smallest absolute Gasteiger partial charge is 0.249 e. The monoisotopic (exact) mass is 320 g/mol. The Hall–Kier alpha value is -1.69. The molecule has 0 aromatic carbocycles. The van der Waals surface area contributed by atoms with Gasteiger partial charge in [-0.3, -0.25) is 19.7 Å². The summed E-state index contributed by atoms with van der Waals surface area (Å²) in [6, 6.07) is 3.76. The maximum absolute atomic E-state index is 12.5. The number of thiophene rings is 1. The van der Waals surface area contributed by atoms with Crippen LogP contribution in [-0.4, -0.2) is 34.7 Å². The highest BCUT2D eigenvalue weighted by atomic mass is 32.1. The quantitative estimate of drug-likeness (QED) is 0.813. The first-order valence-corrected chi connectivity index (χ1v) is 8.56. The lowest BCUT2D eigenvalue weighted by Crippen LogP contribution is -2.45. The number of rotatable bonds is 6. The summed E-state index contributed by atoms with van der Waals surface area (Å²) in [5.41, 5.74) is 0. The molecule has 1 aliphatic carbocycles. The van der Waals surface area contributed by atoms with Crippen LogP contribution in [0.2, 0.25) is 0 Å². The second kappa shape index (κ2) is 6.20. The number of carbonyl (C=O) groups is 3. The van der Waals surface area contributed by atoms with Gasteiger partial charge in [0.25, 0.3) is 0 Å². The molecule has 3 amide bonds. The van der Waals surface area contributed by atoms with Gasteiger partial charge in [0.05, 0.1) is 6.42 Å². The molecule has 2 aliphatic rings. The van der Waals surface area contributed by atoms with E-state index in [2.05, 4.69) is 24.4 Å². The molecule has 0 radical (unpaired) electrons. The van der Waals surface area contributed by atoms with E-state index in [1.807, 2.05) is 0 Å². The molecule has 0 spiro atoms. The third kappa shape index (κ3) is 3.38. The second-order valence-corrected chi connectivity index (χ2v) is 7.40. The van der Waals surface area contributed by atoms with Crippen molar-refractivity contribution in [1.29, 1.82) is 0 Å². The van der Waals surface area contributed by atoms with Crippen LogP contribution >= 0.6 is 11.3 Å². The number of nitrogens with one attached hydrogen (secondary N) is 1. The zero-order valence-electron chi connectivity index (χ0n) is 12.6. The van der Waals surface area contributed by atoms with Gasteiger partial charge in [0.1, 0.15) is 6.04 Å². The summed E-state index contributed by atoms with van der Waals surface area (Å²) in [6.45, 7) is 2.07. The molecule has 6 heteroatoms. The summed E-state index contributed by atoms with van der Waals surface area (Å²) in [7, 11) is 0. The van der Waals surface area contributed by atoms with E-state index in [1.165, 1.54) is 9.75 Å². The topological polar surface area (TPSA) is 66.5 Å². The van der Waals surface area contributed by atoms with Crippen LogP contribution in [0.1, 0.15) is 41.9 Å². The van der Waals surface area contributed by atoms with Gasteiger partial charge in [-0.15, -0.1) is 11.3 Å². The molecule has 22 heavy (non-hydrogen) atoms. The number of imide groups is 1. The molecule has 1 aromatic rings. The predicted molar refractivity (Wildman–Crippen MR) is 83.4 cm³/mol. The molecule has 118 valence electrons. The molecule has 1 aliphatic heterocycles. The molecule has 5 nitrogen and oxygen atoms in total. The Morgan fingerprint density at radius 3 is 2.68 bits per heavy atom. The number of hydrogen-bond donors (Lipinski definition) is 1. The van der Waals surface area contributed by atoms with Crippen LogP contribution in [0, 0.1) is 6.92 Å². The van der Waals surface area contributed by atoms with Gasteiger partial charge in [-0.05, 0) is 44.7 Å². The molecule has 1 aromatic heterocycles. The third-order valence-electron chi connectivity index (χ3n) is 4.12. The van der Waals surface area contributed by atoms with Crippen molar-refractivity contribution < 1.29 is 14.4 Å². The van der Waals surface area contributed by atoms with E-state index < -0.39 is 6.04 Å². The van der Waals surface area contributed by atoms with E-state index >= 15 is 0 Å². The molecule has 1 unspecified atom stereocenters. The maximum Gasteiger partial charge on any atom is 0.249 e. The summed E-state index contributed by atoms with van der Waals surface area (Å²) >= 11 is 1.76. The lowest BCUT2D eigenvalue weighted by atomic mass is 10.1. The molecule has 2 heterocycles. The first-order chi connectivity index (χ1) is 10.5. The molecule has 1 N–H and O–H groups in total. The highest BCUT2D eigenvalue weighted by molar-refractivity contribution is 7.11. The van der Waals surface area contributed by atoms with E-state index in [4.69, 9.17) is 0 Å². The summed E-state index contributed by atoms with van der Waals surface area (Å²) in [5.74, 6) is -0.590. The number of carbonyl (C=O) groups excluding carboxylic acids is 3. The average molecular weight is 320 g/mol. The van der Waals surface area contributed by atoms with Gasteiger partial charge in [-0.2, -0.15) is 0 Å². The molecule has 3 rings (SSSR count). The van der Waals surface area contributed by atoms with E-state index in [9.17, 15) is 14.4 Å². The van der Waals surface area contributed by atoms with Crippen LogP contribution in [0.25, 0.3) is 0 Å². The fourth-order valence-corrected chi connectivity index (χ4v) is 3.84. The van der Waals surface area contributed by atoms with Crippen molar-refractivity contribution in [3.05, 3.63) is 21.9 Å². The van der Waals surface area contributed by atoms with Crippen LogP contribution in [0.5, 0.6) is 0 Å². The molecule has 0 bridgehead atoms. The zero-order valence-corrected chi connectivity index (χ0v) is 13.4. The minimum atomic E-state index is -0.587. The number of nitrogens with zero attached hydrogens (tertiary/aromatic N) is 1. The summed E-state index contributed by atoms with van der Waals surface area (Å²) in [6.07, 6.45) is 4.10. The highest BCUT2D eigenvalue weighted by Crippen LogP contribution is 2.31. The number of hydrogen-bond acceptors (Lipinski definition) is 4. The Kier molecular flexibility index (Phi) is 4.29. The fraction of sp³-hybridized carbons (Fsp3) is 0.562. The summed E-state index contributed by atoms with van der Waals surface area (Å²) in [5, 5.41) is 2.30. The number of aryl methyl sites for hydroxylation is 2. The Morgan fingerprint density at radius 1 is 1.36 bits per heavy atom. The molecular formula is C16H20N2O3S. The van der Waals surface area contributed by atoms with Gasteiger partial charge in [0, 0.05) is 22.2 Å². The van der Waals surface area contributed by atoms with E-state index in [0.29, 0.717) is 6.42 Å². The van der Waals surface area contributed by atoms with E-state index in [0.717, 1.165) is 25.7 Å². The van der Waals surface area contributed by atoms with Crippen molar-refractivity contribution in [1.82, 2.24) is 10.2 Å².